The minimum absolute atomic E-state index is 0. The standard InChI is InChI=1S/C12H18.C5H13NO.CH3.Ru.H/c1-7-8(2)10(4)12(6)11(5)9(7)3;1-5(2,4-7)6-3;;;/h1-6H3;6-7H,4H2,1-3H3;1H3;;/q;;-1;+2;. The van der Waals surface area contributed by atoms with Crippen LogP contribution < -0.4 is 5.32 Å². The molecule has 0 bridgehead atoms. The van der Waals surface area contributed by atoms with Crippen LogP contribution in [0.3, 0.4) is 0 Å². The molecule has 0 aliphatic heterocycles. The molecule has 125 valence electrons. The van der Waals surface area contributed by atoms with Crippen molar-refractivity contribution in [3.05, 3.63) is 40.8 Å². The molecule has 1 aromatic rings. The van der Waals surface area contributed by atoms with E-state index in [-0.39, 0.29) is 39.1 Å². The van der Waals surface area contributed by atoms with Crippen molar-refractivity contribution in [3.8, 4) is 0 Å². The van der Waals surface area contributed by atoms with Gasteiger partial charge in [0.15, 0.2) is 0 Å². The molecule has 0 aliphatic rings. The van der Waals surface area contributed by atoms with Crippen molar-refractivity contribution in [2.24, 2.45) is 0 Å². The van der Waals surface area contributed by atoms with Gasteiger partial charge >= 0.3 is 19.5 Å². The van der Waals surface area contributed by atoms with Gasteiger partial charge in [-0.15, -0.1) is 0 Å². The maximum absolute atomic E-state index is 8.53. The Morgan fingerprint density at radius 1 is 0.762 bits per heavy atom. The Kier molecular flexibility index (Phi) is 12.8. The maximum atomic E-state index is 8.53. The summed E-state index contributed by atoms with van der Waals surface area (Å²) in [5.74, 6) is 0. The fourth-order valence-electron chi connectivity index (χ4n) is 1.77. The predicted octanol–water partition coefficient (Wildman–Crippen LogP) is 3.69. The van der Waals surface area contributed by atoms with Crippen LogP contribution >= 0.6 is 0 Å². The second-order valence-corrected chi connectivity index (χ2v) is 6.04. The number of likely N-dealkylation sites (N-methyl/N-ethyl adjacent to an activating group) is 1. The first-order valence-corrected chi connectivity index (χ1v) is 6.92. The van der Waals surface area contributed by atoms with Gasteiger partial charge in [-0.1, -0.05) is 0 Å². The molecule has 2 N–H and O–H groups in total. The normalized spacial score (nSPS) is 10.0. The van der Waals surface area contributed by atoms with Crippen LogP contribution in [0, 0.1) is 49.0 Å². The van der Waals surface area contributed by atoms with Crippen molar-refractivity contribution in [2.45, 2.75) is 60.9 Å². The number of hydrogen-bond acceptors (Lipinski definition) is 2. The van der Waals surface area contributed by atoms with Gasteiger partial charge < -0.3 is 17.8 Å². The molecule has 0 fully saturated rings. The molecular formula is C18H35NORu+. The zero-order valence-corrected chi connectivity index (χ0v) is 17.4. The molecule has 0 saturated heterocycles. The Morgan fingerprint density at radius 3 is 1.00 bits per heavy atom. The molecule has 21 heavy (non-hydrogen) atoms. The zero-order chi connectivity index (χ0) is 15.4. The van der Waals surface area contributed by atoms with E-state index in [4.69, 9.17) is 5.11 Å². The summed E-state index contributed by atoms with van der Waals surface area (Å²) in [5.41, 5.74) is 8.61. The van der Waals surface area contributed by atoms with Crippen LogP contribution in [0.5, 0.6) is 0 Å². The number of aliphatic hydroxyl groups is 1. The Balaban J connectivity index is -0.000000317. The van der Waals surface area contributed by atoms with E-state index in [1.807, 2.05) is 20.9 Å². The van der Waals surface area contributed by atoms with E-state index in [0.29, 0.717) is 0 Å². The van der Waals surface area contributed by atoms with E-state index >= 15 is 0 Å². The summed E-state index contributed by atoms with van der Waals surface area (Å²) in [5, 5.41) is 11.5. The van der Waals surface area contributed by atoms with Gasteiger partial charge in [-0.25, -0.2) is 0 Å². The molecule has 0 unspecified atom stereocenters. The predicted molar refractivity (Wildman–Crippen MR) is 92.9 cm³/mol. The van der Waals surface area contributed by atoms with Crippen LogP contribution in [-0.4, -0.2) is 24.3 Å². The van der Waals surface area contributed by atoms with E-state index in [9.17, 15) is 0 Å². The van der Waals surface area contributed by atoms with E-state index in [0.717, 1.165) is 0 Å². The van der Waals surface area contributed by atoms with Gasteiger partial charge in [-0.3, -0.25) is 0 Å². The molecule has 2 nitrogen and oxygen atoms in total. The van der Waals surface area contributed by atoms with Crippen LogP contribution in [0.15, 0.2) is 0 Å². The zero-order valence-electron chi connectivity index (χ0n) is 15.5. The molecule has 0 atom stereocenters. The Bertz CT molecular complexity index is 328. The molecule has 0 radical (unpaired) electrons. The van der Waals surface area contributed by atoms with Crippen LogP contribution in [-0.2, 0) is 19.5 Å². The molecule has 3 heteroatoms. The Morgan fingerprint density at radius 2 is 0.952 bits per heavy atom. The number of rotatable bonds is 2. The van der Waals surface area contributed by atoms with Crippen molar-refractivity contribution in [1.82, 2.24) is 5.32 Å². The topological polar surface area (TPSA) is 32.3 Å². The van der Waals surface area contributed by atoms with Gasteiger partial charge in [0, 0.05) is 5.54 Å². The summed E-state index contributed by atoms with van der Waals surface area (Å²) in [4.78, 5) is 0. The van der Waals surface area contributed by atoms with Crippen LogP contribution in [0.25, 0.3) is 0 Å². The molecule has 0 spiro atoms. The molecule has 0 amide bonds. The quantitative estimate of drug-likeness (QED) is 0.604. The van der Waals surface area contributed by atoms with Gasteiger partial charge in [0.05, 0.1) is 6.61 Å². The van der Waals surface area contributed by atoms with Gasteiger partial charge in [-0.05, 0) is 95.8 Å². The van der Waals surface area contributed by atoms with E-state index in [1.54, 1.807) is 0 Å². The molecule has 1 aromatic carbocycles. The van der Waals surface area contributed by atoms with Crippen LogP contribution in [0.2, 0.25) is 0 Å². The monoisotopic (exact) mass is 383 g/mol. The second-order valence-electron chi connectivity index (χ2n) is 6.04. The van der Waals surface area contributed by atoms with Gasteiger partial charge in [0.25, 0.3) is 0 Å². The fourth-order valence-corrected chi connectivity index (χ4v) is 1.77. The number of benzene rings is 1. The van der Waals surface area contributed by atoms with Crippen molar-refractivity contribution < 1.29 is 24.6 Å². The van der Waals surface area contributed by atoms with E-state index in [1.165, 1.54) is 33.4 Å². The van der Waals surface area contributed by atoms with Crippen molar-refractivity contribution in [1.29, 1.82) is 0 Å². The average Bonchev–Trinajstić information content (AvgIpc) is 2.41. The number of aliphatic hydroxyl groups excluding tert-OH is 1. The average molecular weight is 383 g/mol. The molecule has 0 saturated carbocycles. The first-order chi connectivity index (χ1) is 8.59. The summed E-state index contributed by atoms with van der Waals surface area (Å²) in [6.45, 7) is 17.3. The summed E-state index contributed by atoms with van der Waals surface area (Å²) in [7, 11) is 1.83. The van der Waals surface area contributed by atoms with Crippen molar-refractivity contribution in [2.75, 3.05) is 13.7 Å². The van der Waals surface area contributed by atoms with Gasteiger partial charge in [-0.2, -0.15) is 0 Å². The van der Waals surface area contributed by atoms with Crippen molar-refractivity contribution in [3.63, 3.8) is 0 Å². The summed E-state index contributed by atoms with van der Waals surface area (Å²) < 4.78 is 0. The molecule has 1 rings (SSSR count). The molecule has 0 heterocycles. The van der Waals surface area contributed by atoms with Crippen LogP contribution in [0.1, 0.15) is 47.2 Å². The Hall–Kier alpha value is -0.237. The first kappa shape index (κ1) is 25.7. The number of nitrogens with one attached hydrogen (secondary N) is 1. The second kappa shape index (κ2) is 10.5. The summed E-state index contributed by atoms with van der Waals surface area (Å²) >= 11 is 0. The van der Waals surface area contributed by atoms with Crippen molar-refractivity contribution >= 4 is 0 Å². The third-order valence-electron chi connectivity index (χ3n) is 4.45. The molecule has 0 aromatic heterocycles. The number of hydrogen-bond donors (Lipinski definition) is 2. The van der Waals surface area contributed by atoms with Gasteiger partial charge in [0.1, 0.15) is 0 Å². The molecular weight excluding hydrogens is 347 g/mol. The first-order valence-electron chi connectivity index (χ1n) is 6.92. The van der Waals surface area contributed by atoms with E-state index in [2.05, 4.69) is 46.9 Å². The summed E-state index contributed by atoms with van der Waals surface area (Å²) in [6, 6.07) is 0. The minimum atomic E-state index is -0.111. The molecule has 0 aliphatic carbocycles. The third-order valence-corrected chi connectivity index (χ3v) is 4.45. The van der Waals surface area contributed by atoms with Gasteiger partial charge in [0.2, 0.25) is 0 Å². The SMILES string of the molecule is CNC(C)(C)CO.Cc1c(C)c(C)c(C)c(C)c1C.[CH3-].[RuH+2]. The van der Waals surface area contributed by atoms with E-state index < -0.39 is 0 Å². The third kappa shape index (κ3) is 7.04. The fraction of sp³-hybridized carbons (Fsp3) is 0.611. The summed E-state index contributed by atoms with van der Waals surface area (Å²) in [6.07, 6.45) is 0. The Labute approximate surface area is 145 Å². The van der Waals surface area contributed by atoms with Crippen LogP contribution in [0.4, 0.5) is 0 Å².